The zero-order valence-corrected chi connectivity index (χ0v) is 19.4. The highest BCUT2D eigenvalue weighted by atomic mass is 16.3. The van der Waals surface area contributed by atoms with Crippen molar-refractivity contribution in [2.24, 2.45) is 46.3 Å². The number of allylic oxidation sites excluding steroid dienone is 3. The maximum Gasteiger partial charge on any atom is 0.0758 e. The smallest absolute Gasteiger partial charge is 0.0758 e. The Labute approximate surface area is 178 Å². The number of fused-ring (bicyclic) bond motifs is 5. The molecule has 0 heterocycles. The van der Waals surface area contributed by atoms with Crippen molar-refractivity contribution in [1.29, 1.82) is 0 Å². The number of aliphatic hydroxyl groups is 2. The second-order valence-electron chi connectivity index (χ2n) is 11.9. The highest BCUT2D eigenvalue weighted by molar-refractivity contribution is 5.30. The summed E-state index contributed by atoms with van der Waals surface area (Å²) in [4.78, 5) is 0. The molecule has 164 valence electrons. The van der Waals surface area contributed by atoms with Gasteiger partial charge in [-0.25, -0.2) is 0 Å². The van der Waals surface area contributed by atoms with Gasteiger partial charge >= 0.3 is 0 Å². The van der Waals surface area contributed by atoms with Gasteiger partial charge < -0.3 is 10.2 Å². The molecule has 2 N–H and O–H groups in total. The summed E-state index contributed by atoms with van der Waals surface area (Å²) in [6, 6.07) is 0. The summed E-state index contributed by atoms with van der Waals surface area (Å²) < 4.78 is 0. The Hall–Kier alpha value is -0.600. The third kappa shape index (κ3) is 3.57. The van der Waals surface area contributed by atoms with Gasteiger partial charge in [0, 0.05) is 0 Å². The van der Waals surface area contributed by atoms with Crippen molar-refractivity contribution in [3.63, 3.8) is 0 Å². The van der Waals surface area contributed by atoms with Crippen molar-refractivity contribution < 1.29 is 10.2 Å². The molecule has 3 fully saturated rings. The number of hydrogen-bond donors (Lipinski definition) is 2. The van der Waals surface area contributed by atoms with Gasteiger partial charge in [-0.05, 0) is 97.7 Å². The van der Waals surface area contributed by atoms with Gasteiger partial charge in [-0.15, -0.1) is 0 Å². The Morgan fingerprint density at radius 2 is 1.69 bits per heavy atom. The van der Waals surface area contributed by atoms with Crippen LogP contribution < -0.4 is 0 Å². The molecule has 0 aromatic rings. The van der Waals surface area contributed by atoms with Crippen molar-refractivity contribution in [2.45, 2.75) is 98.2 Å². The molecular weight excluding hydrogens is 356 g/mol. The molecule has 2 nitrogen and oxygen atoms in total. The van der Waals surface area contributed by atoms with E-state index in [0.29, 0.717) is 23.2 Å². The Morgan fingerprint density at radius 3 is 2.41 bits per heavy atom. The highest BCUT2D eigenvalue weighted by Gasteiger charge is 2.59. The van der Waals surface area contributed by atoms with Crippen LogP contribution in [0.4, 0.5) is 0 Å². The zero-order valence-electron chi connectivity index (χ0n) is 19.4. The van der Waals surface area contributed by atoms with Crippen LogP contribution in [-0.2, 0) is 0 Å². The average molecular weight is 401 g/mol. The van der Waals surface area contributed by atoms with Crippen LogP contribution in [-0.4, -0.2) is 22.4 Å². The minimum Gasteiger partial charge on any atom is -0.393 e. The fourth-order valence-electron chi connectivity index (χ4n) is 8.16. The van der Waals surface area contributed by atoms with Crippen LogP contribution in [0.2, 0.25) is 0 Å². The van der Waals surface area contributed by atoms with Crippen LogP contribution >= 0.6 is 0 Å². The Bertz CT molecular complexity index is 663. The summed E-state index contributed by atoms with van der Waals surface area (Å²) >= 11 is 0. The number of aliphatic hydroxyl groups excluding tert-OH is 2. The van der Waals surface area contributed by atoms with Crippen LogP contribution in [0, 0.1) is 46.3 Å². The molecule has 3 saturated carbocycles. The van der Waals surface area contributed by atoms with Gasteiger partial charge in [-0.2, -0.15) is 0 Å². The lowest BCUT2D eigenvalue weighted by Gasteiger charge is -2.58. The first-order valence-electron chi connectivity index (χ1n) is 12.4. The molecule has 0 spiro atoms. The molecular formula is C27H44O2. The van der Waals surface area contributed by atoms with Crippen molar-refractivity contribution in [1.82, 2.24) is 0 Å². The van der Waals surface area contributed by atoms with E-state index in [4.69, 9.17) is 0 Å². The lowest BCUT2D eigenvalue weighted by Crippen LogP contribution is -2.53. The van der Waals surface area contributed by atoms with Gasteiger partial charge in [0.1, 0.15) is 0 Å². The van der Waals surface area contributed by atoms with Crippen LogP contribution in [0.15, 0.2) is 23.8 Å². The minimum absolute atomic E-state index is 0.172. The highest BCUT2D eigenvalue weighted by Crippen LogP contribution is 2.66. The zero-order chi connectivity index (χ0) is 21.0. The van der Waals surface area contributed by atoms with Gasteiger partial charge in [-0.1, -0.05) is 58.4 Å². The molecule has 0 aromatic carbocycles. The van der Waals surface area contributed by atoms with E-state index in [1.54, 1.807) is 5.57 Å². The first-order chi connectivity index (χ1) is 13.7. The maximum atomic E-state index is 11.1. The van der Waals surface area contributed by atoms with E-state index in [1.807, 2.05) is 0 Å². The fourth-order valence-corrected chi connectivity index (χ4v) is 8.16. The van der Waals surface area contributed by atoms with Crippen LogP contribution in [0.5, 0.6) is 0 Å². The van der Waals surface area contributed by atoms with Gasteiger partial charge in [0.15, 0.2) is 0 Å². The van der Waals surface area contributed by atoms with Crippen molar-refractivity contribution in [3.8, 4) is 0 Å². The van der Waals surface area contributed by atoms with E-state index >= 15 is 0 Å². The molecule has 29 heavy (non-hydrogen) atoms. The summed E-state index contributed by atoms with van der Waals surface area (Å²) in [6.07, 6.45) is 15.7. The lowest BCUT2D eigenvalue weighted by atomic mass is 9.47. The van der Waals surface area contributed by atoms with Crippen LogP contribution in [0.25, 0.3) is 0 Å². The standard InChI is InChI=1S/C27H44O2/c1-17(2)7-6-8-18(3)21-9-10-22-20-16-25(29)24-15-19(28)11-13-27(24,5)23(20)12-14-26(21,22)4/h6,8,16-19,21-25,28-29H,7,9-15H2,1-5H3/b8-6+/t18-,19+,21-,22?,23?,24-,25+,26-,27-/m1/s1. The molecule has 0 saturated heterocycles. The van der Waals surface area contributed by atoms with Gasteiger partial charge in [0.05, 0.1) is 12.2 Å². The van der Waals surface area contributed by atoms with E-state index in [9.17, 15) is 10.2 Å². The average Bonchev–Trinajstić information content (AvgIpc) is 3.00. The SMILES string of the molecule is CC(C)C/C=C/[C@@H](C)[C@H]1CCC2C3=C[C@H](O)[C@H]4C[C@@H](O)CC[C@]4(C)C3CC[C@@]21C. The summed E-state index contributed by atoms with van der Waals surface area (Å²) in [6.45, 7) is 12.0. The Morgan fingerprint density at radius 1 is 1.00 bits per heavy atom. The van der Waals surface area contributed by atoms with E-state index in [2.05, 4.69) is 52.8 Å². The third-order valence-corrected chi connectivity index (χ3v) is 9.83. The summed E-state index contributed by atoms with van der Waals surface area (Å²) in [7, 11) is 0. The molecule has 2 unspecified atom stereocenters. The molecule has 9 atom stereocenters. The first kappa shape index (κ1) is 21.6. The molecule has 4 rings (SSSR count). The predicted octanol–water partition coefficient (Wildman–Crippen LogP) is 6.14. The molecule has 4 aliphatic rings. The monoisotopic (exact) mass is 400 g/mol. The Kier molecular flexibility index (Phi) is 5.84. The molecule has 0 bridgehead atoms. The van der Waals surface area contributed by atoms with Crippen LogP contribution in [0.1, 0.15) is 86.0 Å². The van der Waals surface area contributed by atoms with Crippen LogP contribution in [0.3, 0.4) is 0 Å². The second-order valence-corrected chi connectivity index (χ2v) is 11.9. The van der Waals surface area contributed by atoms with Gasteiger partial charge in [-0.3, -0.25) is 0 Å². The van der Waals surface area contributed by atoms with E-state index < -0.39 is 0 Å². The van der Waals surface area contributed by atoms with Gasteiger partial charge in [0.25, 0.3) is 0 Å². The molecule has 0 amide bonds. The van der Waals surface area contributed by atoms with E-state index in [-0.39, 0.29) is 23.5 Å². The molecule has 0 aromatic heterocycles. The normalized spacial score (nSPS) is 48.2. The summed E-state index contributed by atoms with van der Waals surface area (Å²) in [5.41, 5.74) is 2.15. The topological polar surface area (TPSA) is 40.5 Å². The number of hydrogen-bond acceptors (Lipinski definition) is 2. The lowest BCUT2D eigenvalue weighted by molar-refractivity contribution is -0.0829. The van der Waals surface area contributed by atoms with Crippen molar-refractivity contribution in [2.75, 3.05) is 0 Å². The van der Waals surface area contributed by atoms with Gasteiger partial charge in [0.2, 0.25) is 0 Å². The maximum absolute atomic E-state index is 11.1. The van der Waals surface area contributed by atoms with Crippen molar-refractivity contribution in [3.05, 3.63) is 23.8 Å². The fraction of sp³-hybridized carbons (Fsp3) is 0.852. The first-order valence-corrected chi connectivity index (χ1v) is 12.4. The third-order valence-electron chi connectivity index (χ3n) is 9.83. The van der Waals surface area contributed by atoms with Crippen molar-refractivity contribution >= 4 is 0 Å². The molecule has 0 radical (unpaired) electrons. The summed E-state index contributed by atoms with van der Waals surface area (Å²) in [5, 5.41) is 21.3. The molecule has 0 aliphatic heterocycles. The van der Waals surface area contributed by atoms with E-state index in [1.165, 1.54) is 32.1 Å². The predicted molar refractivity (Wildman–Crippen MR) is 120 cm³/mol. The minimum atomic E-state index is -0.369. The largest absolute Gasteiger partial charge is 0.393 e. The molecule has 2 heteroatoms. The Balaban J connectivity index is 1.58. The number of rotatable bonds is 4. The summed E-state index contributed by atoms with van der Waals surface area (Å²) in [5.74, 6) is 3.63. The molecule has 4 aliphatic carbocycles. The quantitative estimate of drug-likeness (QED) is 0.557. The van der Waals surface area contributed by atoms with E-state index in [0.717, 1.165) is 31.1 Å². The second kappa shape index (κ2) is 7.83.